The lowest BCUT2D eigenvalue weighted by Crippen LogP contribution is -2.63. The van der Waals surface area contributed by atoms with Crippen LogP contribution in [0.1, 0.15) is 84.3 Å². The molecule has 1 aliphatic rings. The van der Waals surface area contributed by atoms with Gasteiger partial charge in [0.15, 0.2) is 0 Å². The maximum absolute atomic E-state index is 13.6. The fourth-order valence-corrected chi connectivity index (χ4v) is 7.57. The van der Waals surface area contributed by atoms with Crippen LogP contribution in [0.5, 0.6) is 0 Å². The van der Waals surface area contributed by atoms with E-state index < -0.39 is 182 Å². The quantitative estimate of drug-likeness (QED) is 0.0277. The number of H-pyrrole nitrogens is 1. The summed E-state index contributed by atoms with van der Waals surface area (Å²) in [5, 5.41) is 62.7. The molecule has 0 bridgehead atoms. The van der Waals surface area contributed by atoms with E-state index in [0.29, 0.717) is 18.5 Å². The van der Waals surface area contributed by atoms with E-state index >= 15 is 0 Å². The van der Waals surface area contributed by atoms with Crippen molar-refractivity contribution in [3.63, 3.8) is 0 Å². The number of amides is 12. The average molecular weight is 1140 g/mol. The van der Waals surface area contributed by atoms with E-state index in [4.69, 9.17) is 17.2 Å². The summed E-state index contributed by atoms with van der Waals surface area (Å²) in [7, 11) is 0. The number of rotatable bonds is 36. The Morgan fingerprint density at radius 1 is 0.637 bits per heavy atom. The number of carboxylic acids is 2. The SMILES string of the molecule is C[C@H](NC(=O)[C@H](CCC(=O)O)NC(=O)[C@@H](NC(=O)[C@@H](NC(=O)[C@H](CCCCN)NC(=O)CNC(=O)[C@@H](N)CCC(N)=O)[C@@H](C)O)[C@@H](C)O)C(=O)NCC(=O)NCC(=O)NCC(=O)N[C@@H](Cc1cnc[nH]1)C(=O)N1CCC[C@H]1C(=O)O. The maximum Gasteiger partial charge on any atom is 0.326 e. The Balaban J connectivity index is 2.00. The first-order valence-electron chi connectivity index (χ1n) is 25.4. The molecule has 1 aromatic heterocycles. The van der Waals surface area contributed by atoms with Crippen LogP contribution in [0.2, 0.25) is 0 Å². The van der Waals surface area contributed by atoms with Crippen molar-refractivity contribution in [3.05, 3.63) is 18.2 Å². The van der Waals surface area contributed by atoms with Gasteiger partial charge in [-0.15, -0.1) is 0 Å². The highest BCUT2D eigenvalue weighted by Gasteiger charge is 2.39. The summed E-state index contributed by atoms with van der Waals surface area (Å²) in [5.74, 6) is -13.9. The van der Waals surface area contributed by atoms with Crippen LogP contribution in [-0.2, 0) is 73.5 Å². The number of aliphatic hydroxyl groups excluding tert-OH is 2. The van der Waals surface area contributed by atoms with Gasteiger partial charge >= 0.3 is 11.9 Å². The van der Waals surface area contributed by atoms with Crippen molar-refractivity contribution in [1.82, 2.24) is 68.0 Å². The van der Waals surface area contributed by atoms with Crippen molar-refractivity contribution < 1.29 is 87.5 Å². The zero-order valence-corrected chi connectivity index (χ0v) is 44.4. The molecule has 2 heterocycles. The molecule has 0 unspecified atom stereocenters. The highest BCUT2D eigenvalue weighted by atomic mass is 16.4. The Labute approximate surface area is 457 Å². The Morgan fingerprint density at radius 2 is 1.16 bits per heavy atom. The maximum atomic E-state index is 13.6. The van der Waals surface area contributed by atoms with Crippen LogP contribution < -0.4 is 70.4 Å². The molecule has 0 radical (unpaired) electrons. The molecule has 0 saturated carbocycles. The number of nitrogens with two attached hydrogens (primary N) is 3. The lowest BCUT2D eigenvalue weighted by Gasteiger charge is -2.28. The number of nitrogens with one attached hydrogen (secondary N) is 11. The van der Waals surface area contributed by atoms with E-state index in [1.807, 2.05) is 0 Å². The molecule has 1 saturated heterocycles. The number of carboxylic acid groups (broad SMARTS) is 2. The summed E-state index contributed by atoms with van der Waals surface area (Å²) in [6.45, 7) is 0.911. The molecule has 2 rings (SSSR count). The molecule has 34 heteroatoms. The van der Waals surface area contributed by atoms with E-state index in [9.17, 15) is 87.5 Å². The number of aromatic nitrogens is 2. The standard InChI is InChI=1S/C46H74N16O18/c1-22(39(72)53-18-33(67)51-17-32(66)52-19-34(68)58-29(15-25-16-50-21-55-25)45(78)62-14-6-8-30(62)46(79)80)56-41(74)28(10-12-36(70)71)59-43(76)37(23(2)63)61-44(77)38(24(3)64)60-42(75)27(7-4-5-13-47)57-35(69)20-54-40(73)26(48)9-11-31(49)65/h16,21-24,26-30,37-38,63-64H,4-15,17-20,47-48H2,1-3H3,(H2,49,65)(H,50,55)(H,51,67)(H,52,66)(H,53,72)(H,54,73)(H,56,74)(H,57,69)(H,58,68)(H,59,76)(H,60,75)(H,61,77)(H,70,71)(H,79,80)/t22-,23+,24+,26-,27-,28-,29-,30-,37-,38-/m0/s1. The average Bonchev–Trinajstić information content (AvgIpc) is 4.12. The van der Waals surface area contributed by atoms with Crippen LogP contribution in [0.3, 0.4) is 0 Å². The van der Waals surface area contributed by atoms with Crippen molar-refractivity contribution in [2.75, 3.05) is 39.3 Å². The molecule has 1 aromatic rings. The summed E-state index contributed by atoms with van der Waals surface area (Å²) < 4.78 is 0. The Kier molecular flexibility index (Phi) is 29.2. The molecule has 1 aliphatic heterocycles. The van der Waals surface area contributed by atoms with E-state index in [2.05, 4.69) is 63.1 Å². The Bertz CT molecular complexity index is 2350. The summed E-state index contributed by atoms with van der Waals surface area (Å²) >= 11 is 0. The molecule has 0 aromatic carbocycles. The lowest BCUT2D eigenvalue weighted by atomic mass is 10.0. The molecule has 12 amide bonds. The van der Waals surface area contributed by atoms with Gasteiger partial charge in [-0.25, -0.2) is 9.78 Å². The molecule has 0 spiro atoms. The van der Waals surface area contributed by atoms with E-state index in [-0.39, 0.29) is 51.6 Å². The van der Waals surface area contributed by atoms with Crippen molar-refractivity contribution in [1.29, 1.82) is 0 Å². The highest BCUT2D eigenvalue weighted by Crippen LogP contribution is 2.19. The molecule has 10 atom stereocenters. The van der Waals surface area contributed by atoms with Gasteiger partial charge in [-0.2, -0.15) is 0 Å². The number of carbonyl (C=O) groups excluding carboxylic acids is 12. The second kappa shape index (κ2) is 34.5. The molecule has 1 fully saturated rings. The smallest absolute Gasteiger partial charge is 0.326 e. The zero-order chi connectivity index (χ0) is 60.2. The first-order valence-corrected chi connectivity index (χ1v) is 25.4. The number of aliphatic carboxylic acids is 2. The molecule has 80 heavy (non-hydrogen) atoms. The van der Waals surface area contributed by atoms with Gasteiger partial charge in [0.1, 0.15) is 42.3 Å². The second-order valence-corrected chi connectivity index (χ2v) is 18.6. The number of unbranched alkanes of at least 4 members (excludes halogenated alkanes) is 1. The molecule has 34 nitrogen and oxygen atoms in total. The van der Waals surface area contributed by atoms with Gasteiger partial charge in [-0.3, -0.25) is 62.3 Å². The highest BCUT2D eigenvalue weighted by molar-refractivity contribution is 5.98. The number of hydrogen-bond acceptors (Lipinski definition) is 19. The predicted octanol–water partition coefficient (Wildman–Crippen LogP) is -9.23. The van der Waals surface area contributed by atoms with Gasteiger partial charge in [-0.1, -0.05) is 0 Å². The van der Waals surface area contributed by atoms with Crippen molar-refractivity contribution in [2.45, 2.75) is 146 Å². The molecular formula is C46H74N16O18. The Hall–Kier alpha value is -8.37. The molecule has 446 valence electrons. The predicted molar refractivity (Wildman–Crippen MR) is 274 cm³/mol. The van der Waals surface area contributed by atoms with Gasteiger partial charge < -0.3 is 101 Å². The third kappa shape index (κ3) is 24.5. The summed E-state index contributed by atoms with van der Waals surface area (Å²) in [5.41, 5.74) is 16.8. The van der Waals surface area contributed by atoms with Crippen molar-refractivity contribution in [3.8, 4) is 0 Å². The number of aromatic amines is 1. The molecule has 0 aliphatic carbocycles. The fraction of sp³-hybridized carbons (Fsp3) is 0.630. The summed E-state index contributed by atoms with van der Waals surface area (Å²) in [6.07, 6.45) is -1.07. The monoisotopic (exact) mass is 1140 g/mol. The van der Waals surface area contributed by atoms with Crippen LogP contribution >= 0.6 is 0 Å². The summed E-state index contributed by atoms with van der Waals surface area (Å²) in [6, 6.07) is -11.9. The number of primary amides is 1. The van der Waals surface area contributed by atoms with Gasteiger partial charge in [-0.05, 0) is 72.3 Å². The minimum atomic E-state index is -1.94. The largest absolute Gasteiger partial charge is 0.481 e. The fourth-order valence-electron chi connectivity index (χ4n) is 7.57. The normalized spacial score (nSPS) is 16.2. The summed E-state index contributed by atoms with van der Waals surface area (Å²) in [4.78, 5) is 185. The number of carbonyl (C=O) groups is 14. The number of hydrogen-bond donors (Lipinski definition) is 18. The number of likely N-dealkylation sites (tertiary alicyclic amines) is 1. The van der Waals surface area contributed by atoms with Crippen LogP contribution in [-0.4, -0.2) is 218 Å². The first-order chi connectivity index (χ1) is 37.6. The minimum Gasteiger partial charge on any atom is -0.481 e. The van der Waals surface area contributed by atoms with E-state index in [1.54, 1.807) is 0 Å². The topological polar surface area (TPSA) is 550 Å². The number of aliphatic hydroxyl groups is 2. The van der Waals surface area contributed by atoms with Gasteiger partial charge in [0.2, 0.25) is 70.9 Å². The van der Waals surface area contributed by atoms with Crippen LogP contribution in [0.25, 0.3) is 0 Å². The van der Waals surface area contributed by atoms with Crippen molar-refractivity contribution in [2.24, 2.45) is 17.2 Å². The van der Waals surface area contributed by atoms with Crippen LogP contribution in [0.15, 0.2) is 12.5 Å². The van der Waals surface area contributed by atoms with Gasteiger partial charge in [0.25, 0.3) is 0 Å². The van der Waals surface area contributed by atoms with Gasteiger partial charge in [0, 0.05) is 37.7 Å². The molecular weight excluding hydrogens is 1060 g/mol. The first kappa shape index (κ1) is 67.7. The van der Waals surface area contributed by atoms with Crippen LogP contribution in [0, 0.1) is 0 Å². The van der Waals surface area contributed by atoms with E-state index in [1.165, 1.54) is 12.5 Å². The lowest BCUT2D eigenvalue weighted by molar-refractivity contribution is -0.149. The number of nitrogens with zero attached hydrogens (tertiary/aromatic N) is 2. The van der Waals surface area contributed by atoms with Crippen molar-refractivity contribution >= 4 is 82.8 Å². The minimum absolute atomic E-state index is 0.0437. The zero-order valence-electron chi connectivity index (χ0n) is 44.4. The second-order valence-electron chi connectivity index (χ2n) is 18.6. The van der Waals surface area contributed by atoms with Crippen LogP contribution in [0.4, 0.5) is 0 Å². The van der Waals surface area contributed by atoms with E-state index in [0.717, 1.165) is 25.7 Å². The Morgan fingerprint density at radius 3 is 1.71 bits per heavy atom. The third-order valence-electron chi connectivity index (χ3n) is 12.0. The third-order valence-corrected chi connectivity index (χ3v) is 12.0. The molecule has 21 N–H and O–H groups in total. The number of imidazole rings is 1. The van der Waals surface area contributed by atoms with Gasteiger partial charge in [0.05, 0.1) is 50.8 Å².